The first kappa shape index (κ1) is 29.2. The van der Waals surface area contributed by atoms with Crippen molar-refractivity contribution in [2.45, 2.75) is 92.1 Å². The van der Waals surface area contributed by atoms with Crippen LogP contribution in [0, 0.1) is 19.7 Å². The number of nitrogens with one attached hydrogen (secondary N) is 1. The van der Waals surface area contributed by atoms with Crippen molar-refractivity contribution in [3.05, 3.63) is 69.8 Å². The highest BCUT2D eigenvalue weighted by atomic mass is 19.1. The van der Waals surface area contributed by atoms with Crippen LogP contribution in [-0.4, -0.2) is 35.8 Å². The smallest absolute Gasteiger partial charge is 0.340 e. The van der Waals surface area contributed by atoms with Crippen molar-refractivity contribution in [2.75, 3.05) is 13.2 Å². The van der Waals surface area contributed by atoms with Crippen molar-refractivity contribution in [3.8, 4) is 28.0 Å². The monoisotopic (exact) mass is 560 g/mol. The van der Waals surface area contributed by atoms with Crippen molar-refractivity contribution in [1.29, 1.82) is 0 Å². The molecule has 2 aromatic carbocycles. The highest BCUT2D eigenvalue weighted by molar-refractivity contribution is 5.92. The molecule has 0 fully saturated rings. The standard InChI is InChI=1S/C34H41FN2O4/c1-19(2)40-33(38)32(41-34(5,6)7)29-21(4)37-20(3)28(23-10-11-25-18-36-13-12-22(25)15-23)30(29)26-16-24-9-8-14-39-31(24)27(35)17-26/h10-11,15-17,19,32,36H,8-9,12-14,18H2,1-7H3/t32-/m0/s1. The molecule has 0 unspecified atom stereocenters. The summed E-state index contributed by atoms with van der Waals surface area (Å²) >= 11 is 0. The first-order valence-electron chi connectivity index (χ1n) is 14.6. The van der Waals surface area contributed by atoms with E-state index in [-0.39, 0.29) is 6.10 Å². The number of esters is 1. The second-order valence-corrected chi connectivity index (χ2v) is 12.4. The van der Waals surface area contributed by atoms with Gasteiger partial charge in [-0.2, -0.15) is 0 Å². The summed E-state index contributed by atoms with van der Waals surface area (Å²) in [5, 5.41) is 3.43. The van der Waals surface area contributed by atoms with E-state index in [1.165, 1.54) is 17.2 Å². The van der Waals surface area contributed by atoms with Gasteiger partial charge in [0.2, 0.25) is 0 Å². The lowest BCUT2D eigenvalue weighted by atomic mass is 9.84. The van der Waals surface area contributed by atoms with E-state index in [1.807, 2.05) is 54.5 Å². The van der Waals surface area contributed by atoms with Gasteiger partial charge in [-0.15, -0.1) is 0 Å². The number of rotatable bonds is 6. The van der Waals surface area contributed by atoms with E-state index in [0.717, 1.165) is 60.3 Å². The molecule has 0 saturated carbocycles. The average molecular weight is 561 g/mol. The maximum Gasteiger partial charge on any atom is 0.340 e. The van der Waals surface area contributed by atoms with E-state index in [4.69, 9.17) is 19.2 Å². The molecule has 0 saturated heterocycles. The fraction of sp³-hybridized carbons (Fsp3) is 0.471. The Kier molecular flexibility index (Phi) is 8.22. The summed E-state index contributed by atoms with van der Waals surface area (Å²) in [5.41, 5.74) is 8.01. The topological polar surface area (TPSA) is 69.7 Å². The average Bonchev–Trinajstić information content (AvgIpc) is 2.90. The Labute approximate surface area is 242 Å². The predicted octanol–water partition coefficient (Wildman–Crippen LogP) is 6.95. The molecule has 218 valence electrons. The van der Waals surface area contributed by atoms with Gasteiger partial charge in [0.05, 0.1) is 18.3 Å². The number of carbonyl (C=O) groups excluding carboxylic acids is 1. The number of hydrogen-bond acceptors (Lipinski definition) is 6. The fourth-order valence-corrected chi connectivity index (χ4v) is 5.92. The number of fused-ring (bicyclic) bond motifs is 2. The highest BCUT2D eigenvalue weighted by Crippen LogP contribution is 2.45. The van der Waals surface area contributed by atoms with Gasteiger partial charge in [-0.1, -0.05) is 18.2 Å². The molecule has 0 amide bonds. The zero-order valence-electron chi connectivity index (χ0n) is 25.2. The SMILES string of the molecule is Cc1nc(C)c([C@H](OC(C)(C)C)C(=O)OC(C)C)c(-c2cc(F)c3c(c2)CCCO3)c1-c1ccc2c(c1)CCNC2. The van der Waals surface area contributed by atoms with Crippen LogP contribution in [0.5, 0.6) is 5.75 Å². The maximum atomic E-state index is 15.6. The quantitative estimate of drug-likeness (QED) is 0.329. The molecule has 6 nitrogen and oxygen atoms in total. The Morgan fingerprint density at radius 3 is 2.49 bits per heavy atom. The van der Waals surface area contributed by atoms with Gasteiger partial charge in [-0.3, -0.25) is 4.98 Å². The minimum atomic E-state index is -1.06. The Morgan fingerprint density at radius 2 is 1.76 bits per heavy atom. The number of ether oxygens (including phenoxy) is 3. The largest absolute Gasteiger partial charge is 0.490 e. The van der Waals surface area contributed by atoms with Crippen LogP contribution in [0.2, 0.25) is 0 Å². The van der Waals surface area contributed by atoms with Gasteiger partial charge in [0.15, 0.2) is 17.7 Å². The number of pyridine rings is 1. The van der Waals surface area contributed by atoms with Gasteiger partial charge < -0.3 is 19.5 Å². The van der Waals surface area contributed by atoms with Crippen molar-refractivity contribution in [1.82, 2.24) is 10.3 Å². The fourth-order valence-electron chi connectivity index (χ4n) is 5.92. The van der Waals surface area contributed by atoms with Gasteiger partial charge in [0.1, 0.15) is 0 Å². The Bertz CT molecular complexity index is 1470. The summed E-state index contributed by atoms with van der Waals surface area (Å²) in [6.07, 6.45) is 1.07. The molecule has 3 heterocycles. The summed E-state index contributed by atoms with van der Waals surface area (Å²) in [6.45, 7) is 15.5. The van der Waals surface area contributed by atoms with E-state index in [0.29, 0.717) is 29.2 Å². The third-order valence-electron chi connectivity index (χ3n) is 7.53. The Morgan fingerprint density at radius 1 is 1.00 bits per heavy atom. The normalized spacial score (nSPS) is 15.6. The lowest BCUT2D eigenvalue weighted by Crippen LogP contribution is -2.31. The third-order valence-corrected chi connectivity index (χ3v) is 7.53. The van der Waals surface area contributed by atoms with Gasteiger partial charge in [-0.05, 0) is 120 Å². The number of aromatic nitrogens is 1. The number of benzene rings is 2. The minimum Gasteiger partial charge on any atom is -0.490 e. The second-order valence-electron chi connectivity index (χ2n) is 12.4. The van der Waals surface area contributed by atoms with Crippen molar-refractivity contribution >= 4 is 5.97 Å². The van der Waals surface area contributed by atoms with Crippen LogP contribution in [-0.2, 0) is 33.7 Å². The molecule has 0 bridgehead atoms. The number of halogens is 1. The van der Waals surface area contributed by atoms with Crippen LogP contribution in [0.25, 0.3) is 22.3 Å². The van der Waals surface area contributed by atoms with Gasteiger partial charge >= 0.3 is 5.97 Å². The number of aryl methyl sites for hydroxylation is 3. The number of nitrogens with zero attached hydrogens (tertiary/aromatic N) is 1. The first-order valence-corrected chi connectivity index (χ1v) is 14.6. The zero-order chi connectivity index (χ0) is 29.5. The zero-order valence-corrected chi connectivity index (χ0v) is 25.2. The van der Waals surface area contributed by atoms with Crippen molar-refractivity contribution in [3.63, 3.8) is 0 Å². The van der Waals surface area contributed by atoms with E-state index >= 15 is 4.39 Å². The molecular weight excluding hydrogens is 519 g/mol. The van der Waals surface area contributed by atoms with Crippen molar-refractivity contribution in [2.24, 2.45) is 0 Å². The van der Waals surface area contributed by atoms with E-state index in [1.54, 1.807) is 0 Å². The van der Waals surface area contributed by atoms with Gasteiger partial charge in [0, 0.05) is 29.1 Å². The van der Waals surface area contributed by atoms with E-state index in [9.17, 15) is 4.79 Å². The summed E-state index contributed by atoms with van der Waals surface area (Å²) in [5.74, 6) is -0.585. The molecule has 0 aliphatic carbocycles. The van der Waals surface area contributed by atoms with E-state index in [2.05, 4.69) is 23.5 Å². The molecule has 41 heavy (non-hydrogen) atoms. The molecular formula is C34H41FN2O4. The number of hydrogen-bond donors (Lipinski definition) is 1. The Hall–Kier alpha value is -3.29. The van der Waals surface area contributed by atoms with Crippen LogP contribution in [0.3, 0.4) is 0 Å². The van der Waals surface area contributed by atoms with Crippen molar-refractivity contribution < 1.29 is 23.4 Å². The van der Waals surface area contributed by atoms with Gasteiger partial charge in [0.25, 0.3) is 0 Å². The predicted molar refractivity (Wildman–Crippen MR) is 159 cm³/mol. The van der Waals surface area contributed by atoms with Crippen LogP contribution in [0.4, 0.5) is 4.39 Å². The first-order chi connectivity index (χ1) is 19.4. The molecule has 1 atom stereocenters. The maximum absolute atomic E-state index is 15.6. The summed E-state index contributed by atoms with van der Waals surface area (Å²) in [7, 11) is 0. The minimum absolute atomic E-state index is 0.314. The highest BCUT2D eigenvalue weighted by Gasteiger charge is 2.35. The molecule has 1 N–H and O–H groups in total. The Balaban J connectivity index is 1.83. The van der Waals surface area contributed by atoms with Crippen LogP contribution in [0.1, 0.15) is 80.8 Å². The number of carbonyl (C=O) groups is 1. The lowest BCUT2D eigenvalue weighted by Gasteiger charge is -2.31. The molecule has 0 spiro atoms. The summed E-state index contributed by atoms with van der Waals surface area (Å²) in [4.78, 5) is 18.7. The molecule has 2 aliphatic heterocycles. The summed E-state index contributed by atoms with van der Waals surface area (Å²) in [6, 6.07) is 9.99. The lowest BCUT2D eigenvalue weighted by molar-refractivity contribution is -0.171. The summed E-state index contributed by atoms with van der Waals surface area (Å²) < 4.78 is 33.5. The second kappa shape index (κ2) is 11.5. The van der Waals surface area contributed by atoms with E-state index < -0.39 is 23.5 Å². The molecule has 1 aromatic heterocycles. The molecule has 3 aromatic rings. The molecule has 2 aliphatic rings. The third kappa shape index (κ3) is 6.16. The molecule has 5 rings (SSSR count). The molecule has 0 radical (unpaired) electrons. The van der Waals surface area contributed by atoms with Gasteiger partial charge in [-0.25, -0.2) is 9.18 Å². The van der Waals surface area contributed by atoms with Crippen LogP contribution >= 0.6 is 0 Å². The van der Waals surface area contributed by atoms with Crippen LogP contribution in [0.15, 0.2) is 30.3 Å². The molecule has 7 heteroatoms. The van der Waals surface area contributed by atoms with Crippen LogP contribution < -0.4 is 10.1 Å².